The predicted molar refractivity (Wildman–Crippen MR) is 90.7 cm³/mol. The predicted octanol–water partition coefficient (Wildman–Crippen LogP) is 3.24. The Labute approximate surface area is 141 Å². The first-order valence-electron chi connectivity index (χ1n) is 7.38. The molecule has 1 aliphatic heterocycles. The van der Waals surface area contributed by atoms with Crippen molar-refractivity contribution in [1.29, 1.82) is 0 Å². The summed E-state index contributed by atoms with van der Waals surface area (Å²) in [7, 11) is 0. The van der Waals surface area contributed by atoms with Crippen molar-refractivity contribution in [2.24, 2.45) is 0 Å². The number of hydrogen-bond acceptors (Lipinski definition) is 6. The van der Waals surface area contributed by atoms with Crippen LogP contribution in [0, 0.1) is 0 Å². The topological polar surface area (TPSA) is 77.3 Å². The highest BCUT2D eigenvalue weighted by molar-refractivity contribution is 7.16. The second-order valence-corrected chi connectivity index (χ2v) is 6.21. The Hall–Kier alpha value is -2.93. The van der Waals surface area contributed by atoms with E-state index in [2.05, 4.69) is 15.5 Å². The summed E-state index contributed by atoms with van der Waals surface area (Å²) >= 11 is 1.29. The van der Waals surface area contributed by atoms with E-state index in [1.165, 1.54) is 11.3 Å². The standard InChI is InChI=1S/C17H13N3O3S/c21-16(14-10-11-4-1-2-6-13(11)23-14)18-17-20-19-15(24-17)8-7-12-5-3-9-22-12/h1-9,14H,10H2,(H,18,20,21)/b8-7+. The van der Waals surface area contributed by atoms with Crippen LogP contribution in [0.3, 0.4) is 0 Å². The summed E-state index contributed by atoms with van der Waals surface area (Å²) in [6.45, 7) is 0. The van der Waals surface area contributed by atoms with Crippen LogP contribution in [-0.2, 0) is 11.2 Å². The van der Waals surface area contributed by atoms with Gasteiger partial charge in [0.05, 0.1) is 6.26 Å². The molecule has 0 fully saturated rings. The summed E-state index contributed by atoms with van der Waals surface area (Å²) in [6, 6.07) is 11.3. The monoisotopic (exact) mass is 339 g/mol. The zero-order chi connectivity index (χ0) is 16.4. The van der Waals surface area contributed by atoms with Crippen molar-refractivity contribution >= 4 is 34.5 Å². The molecular weight excluding hydrogens is 326 g/mol. The molecule has 0 aliphatic carbocycles. The number of carbonyl (C=O) groups excluding carboxylic acids is 1. The third kappa shape index (κ3) is 3.07. The molecule has 1 N–H and O–H groups in total. The molecule has 24 heavy (non-hydrogen) atoms. The molecule has 4 rings (SSSR count). The third-order valence-corrected chi connectivity index (χ3v) is 4.35. The molecule has 1 atom stereocenters. The van der Waals surface area contributed by atoms with Crippen LogP contribution < -0.4 is 10.1 Å². The van der Waals surface area contributed by atoms with E-state index in [9.17, 15) is 4.79 Å². The average molecular weight is 339 g/mol. The number of amides is 1. The highest BCUT2D eigenvalue weighted by atomic mass is 32.1. The SMILES string of the molecule is O=C(Nc1nnc(/C=C/c2ccco2)s1)C1Cc2ccccc2O1. The molecule has 1 amide bonds. The van der Waals surface area contributed by atoms with Gasteiger partial charge in [0.25, 0.3) is 5.91 Å². The summed E-state index contributed by atoms with van der Waals surface area (Å²) < 4.78 is 10.9. The summed E-state index contributed by atoms with van der Waals surface area (Å²) in [5.41, 5.74) is 1.04. The van der Waals surface area contributed by atoms with Gasteiger partial charge in [-0.1, -0.05) is 29.5 Å². The maximum Gasteiger partial charge on any atom is 0.267 e. The van der Waals surface area contributed by atoms with E-state index in [0.29, 0.717) is 16.6 Å². The van der Waals surface area contributed by atoms with Crippen molar-refractivity contribution in [3.63, 3.8) is 0 Å². The number of rotatable bonds is 4. The Balaban J connectivity index is 1.39. The number of anilines is 1. The molecule has 0 saturated carbocycles. The van der Waals surface area contributed by atoms with Crippen LogP contribution in [0.2, 0.25) is 0 Å². The molecule has 7 heteroatoms. The van der Waals surface area contributed by atoms with Gasteiger partial charge in [-0.15, -0.1) is 10.2 Å². The summed E-state index contributed by atoms with van der Waals surface area (Å²) in [5, 5.41) is 11.9. The lowest BCUT2D eigenvalue weighted by atomic mass is 10.1. The van der Waals surface area contributed by atoms with Crippen LogP contribution in [0.15, 0.2) is 47.1 Å². The van der Waals surface area contributed by atoms with E-state index in [0.717, 1.165) is 17.1 Å². The number of nitrogens with one attached hydrogen (secondary N) is 1. The number of aromatic nitrogens is 2. The van der Waals surface area contributed by atoms with E-state index >= 15 is 0 Å². The fourth-order valence-corrected chi connectivity index (χ4v) is 3.06. The largest absolute Gasteiger partial charge is 0.480 e. The number of ether oxygens (including phenoxy) is 1. The molecular formula is C17H13N3O3S. The highest BCUT2D eigenvalue weighted by Crippen LogP contribution is 2.29. The Morgan fingerprint density at radius 1 is 1.21 bits per heavy atom. The second kappa shape index (κ2) is 6.29. The van der Waals surface area contributed by atoms with E-state index in [1.54, 1.807) is 18.4 Å². The van der Waals surface area contributed by atoms with E-state index in [1.807, 2.05) is 36.4 Å². The quantitative estimate of drug-likeness (QED) is 0.789. The van der Waals surface area contributed by atoms with Crippen LogP contribution in [0.25, 0.3) is 12.2 Å². The smallest absolute Gasteiger partial charge is 0.267 e. The number of benzene rings is 1. The number of carbonyl (C=O) groups is 1. The molecule has 3 aromatic rings. The lowest BCUT2D eigenvalue weighted by Crippen LogP contribution is -2.31. The lowest BCUT2D eigenvalue weighted by Gasteiger charge is -2.08. The summed E-state index contributed by atoms with van der Waals surface area (Å²) in [6.07, 6.45) is 5.21. The lowest BCUT2D eigenvalue weighted by molar-refractivity contribution is -0.122. The maximum atomic E-state index is 12.3. The van der Waals surface area contributed by atoms with E-state index < -0.39 is 6.10 Å². The number of furan rings is 1. The van der Waals surface area contributed by atoms with Crippen LogP contribution in [0.5, 0.6) is 5.75 Å². The summed E-state index contributed by atoms with van der Waals surface area (Å²) in [4.78, 5) is 12.3. The molecule has 6 nitrogen and oxygen atoms in total. The van der Waals surface area contributed by atoms with Crippen molar-refractivity contribution < 1.29 is 13.9 Å². The Kier molecular flexibility index (Phi) is 3.84. The average Bonchev–Trinajstić information content (AvgIpc) is 3.33. The zero-order valence-corrected chi connectivity index (χ0v) is 13.3. The van der Waals surface area contributed by atoms with Crippen molar-refractivity contribution in [2.75, 3.05) is 5.32 Å². The first-order valence-corrected chi connectivity index (χ1v) is 8.20. The van der Waals surface area contributed by atoms with Gasteiger partial charge in [-0.05, 0) is 35.9 Å². The molecule has 0 radical (unpaired) electrons. The Bertz CT molecular complexity index is 861. The maximum absolute atomic E-state index is 12.3. The molecule has 120 valence electrons. The minimum atomic E-state index is -0.534. The number of fused-ring (bicyclic) bond motifs is 1. The second-order valence-electron chi connectivity index (χ2n) is 5.20. The van der Waals surface area contributed by atoms with Crippen molar-refractivity contribution in [2.45, 2.75) is 12.5 Å². The van der Waals surface area contributed by atoms with Crippen LogP contribution in [0.1, 0.15) is 16.3 Å². The van der Waals surface area contributed by atoms with Gasteiger partial charge < -0.3 is 9.15 Å². The molecule has 1 aromatic carbocycles. The Morgan fingerprint density at radius 2 is 2.12 bits per heavy atom. The van der Waals surface area contributed by atoms with E-state index in [4.69, 9.17) is 9.15 Å². The normalized spacial score (nSPS) is 16.1. The van der Waals surface area contributed by atoms with Gasteiger partial charge >= 0.3 is 0 Å². The van der Waals surface area contributed by atoms with Crippen molar-refractivity contribution in [3.05, 3.63) is 59.0 Å². The number of hydrogen-bond donors (Lipinski definition) is 1. The zero-order valence-electron chi connectivity index (χ0n) is 12.5. The molecule has 3 heterocycles. The molecule has 1 unspecified atom stereocenters. The fraction of sp³-hybridized carbons (Fsp3) is 0.118. The van der Waals surface area contributed by atoms with Gasteiger partial charge in [0.2, 0.25) is 5.13 Å². The first-order chi connectivity index (χ1) is 11.8. The van der Waals surface area contributed by atoms with E-state index in [-0.39, 0.29) is 5.91 Å². The molecule has 0 bridgehead atoms. The van der Waals surface area contributed by atoms with Crippen LogP contribution in [-0.4, -0.2) is 22.2 Å². The number of nitrogens with zero attached hydrogens (tertiary/aromatic N) is 2. The minimum Gasteiger partial charge on any atom is -0.480 e. The van der Waals surface area contributed by atoms with Gasteiger partial charge in [0.15, 0.2) is 6.10 Å². The molecule has 0 spiro atoms. The molecule has 0 saturated heterocycles. The van der Waals surface area contributed by atoms with Gasteiger partial charge in [0.1, 0.15) is 16.5 Å². The van der Waals surface area contributed by atoms with Gasteiger partial charge in [-0.2, -0.15) is 0 Å². The molecule has 2 aromatic heterocycles. The number of para-hydroxylation sites is 1. The van der Waals surface area contributed by atoms with Crippen LogP contribution >= 0.6 is 11.3 Å². The van der Waals surface area contributed by atoms with Crippen molar-refractivity contribution in [3.8, 4) is 5.75 Å². The summed E-state index contributed by atoms with van der Waals surface area (Å²) in [5.74, 6) is 1.27. The Morgan fingerprint density at radius 3 is 2.96 bits per heavy atom. The van der Waals surface area contributed by atoms with Gasteiger partial charge in [-0.3, -0.25) is 10.1 Å². The van der Waals surface area contributed by atoms with Gasteiger partial charge in [0, 0.05) is 6.42 Å². The highest BCUT2D eigenvalue weighted by Gasteiger charge is 2.29. The van der Waals surface area contributed by atoms with Crippen molar-refractivity contribution in [1.82, 2.24) is 10.2 Å². The molecule has 1 aliphatic rings. The minimum absolute atomic E-state index is 0.219. The first kappa shape index (κ1) is 14.6. The van der Waals surface area contributed by atoms with Crippen LogP contribution in [0.4, 0.5) is 5.13 Å². The fourth-order valence-electron chi connectivity index (χ4n) is 2.41. The van der Waals surface area contributed by atoms with Gasteiger partial charge in [-0.25, -0.2) is 0 Å². The third-order valence-electron chi connectivity index (χ3n) is 3.54.